The molecule has 1 unspecified atom stereocenters. The van der Waals surface area contributed by atoms with Gasteiger partial charge in [-0.15, -0.1) is 0 Å². The van der Waals surface area contributed by atoms with Crippen molar-refractivity contribution < 1.29 is 0 Å². The minimum atomic E-state index is -0.175. The zero-order valence-corrected chi connectivity index (χ0v) is 19.2. The molecule has 6 rings (SSSR count). The third-order valence-corrected chi connectivity index (χ3v) is 6.26. The van der Waals surface area contributed by atoms with Gasteiger partial charge in [0.15, 0.2) is 0 Å². The van der Waals surface area contributed by atoms with Crippen molar-refractivity contribution in [1.82, 2.24) is 33.9 Å². The summed E-state index contributed by atoms with van der Waals surface area (Å²) in [6, 6.07) is 12.6. The summed E-state index contributed by atoms with van der Waals surface area (Å²) < 4.78 is 5.96. The zero-order chi connectivity index (χ0) is 23.2. The van der Waals surface area contributed by atoms with Crippen molar-refractivity contribution in [2.45, 2.75) is 6.04 Å². The number of aryl methyl sites for hydroxylation is 3. The maximum Gasteiger partial charge on any atom is 0.135 e. The summed E-state index contributed by atoms with van der Waals surface area (Å²) in [4.78, 5) is 13.9. The number of nitrogens with zero attached hydrogens (tertiary/aromatic N) is 7. The lowest BCUT2D eigenvalue weighted by Crippen LogP contribution is -2.16. The second-order valence-corrected chi connectivity index (χ2v) is 8.57. The topological polar surface area (TPSA) is 78.4 Å². The molecule has 0 saturated heterocycles. The van der Waals surface area contributed by atoms with Crippen molar-refractivity contribution in [3.63, 3.8) is 0 Å². The van der Waals surface area contributed by atoms with Crippen molar-refractivity contribution in [2.75, 3.05) is 5.32 Å². The Morgan fingerprint density at radius 1 is 0.853 bits per heavy atom. The van der Waals surface area contributed by atoms with Gasteiger partial charge in [0.1, 0.15) is 11.9 Å². The number of imidazole rings is 1. The van der Waals surface area contributed by atoms with Crippen molar-refractivity contribution >= 4 is 27.6 Å². The van der Waals surface area contributed by atoms with Crippen LogP contribution in [0.25, 0.3) is 33.1 Å². The van der Waals surface area contributed by atoms with Crippen LogP contribution in [0.1, 0.15) is 17.4 Å². The van der Waals surface area contributed by atoms with Gasteiger partial charge in [-0.05, 0) is 35.2 Å². The Balaban J connectivity index is 1.50. The monoisotopic (exact) mass is 448 g/mol. The van der Waals surface area contributed by atoms with Crippen LogP contribution in [0.15, 0.2) is 79.8 Å². The molecule has 6 aromatic rings. The molecule has 34 heavy (non-hydrogen) atoms. The van der Waals surface area contributed by atoms with Gasteiger partial charge in [-0.2, -0.15) is 5.10 Å². The highest BCUT2D eigenvalue weighted by Gasteiger charge is 2.21. The maximum absolute atomic E-state index is 4.67. The van der Waals surface area contributed by atoms with E-state index in [1.165, 1.54) is 10.9 Å². The van der Waals surface area contributed by atoms with E-state index in [4.69, 9.17) is 0 Å². The van der Waals surface area contributed by atoms with Gasteiger partial charge in [0, 0.05) is 80.7 Å². The quantitative estimate of drug-likeness (QED) is 0.421. The highest BCUT2D eigenvalue weighted by Crippen LogP contribution is 2.34. The first-order valence-electron chi connectivity index (χ1n) is 11.1. The van der Waals surface area contributed by atoms with Gasteiger partial charge < -0.3 is 14.5 Å². The lowest BCUT2D eigenvalue weighted by Gasteiger charge is -2.20. The number of rotatable bonds is 5. The predicted molar refractivity (Wildman–Crippen MR) is 133 cm³/mol. The average molecular weight is 449 g/mol. The summed E-state index contributed by atoms with van der Waals surface area (Å²) in [7, 11) is 5.98. The van der Waals surface area contributed by atoms with Crippen LogP contribution >= 0.6 is 0 Å². The van der Waals surface area contributed by atoms with Gasteiger partial charge in [-0.1, -0.05) is 12.1 Å². The Labute approximate surface area is 196 Å². The number of anilines is 1. The second kappa shape index (κ2) is 7.84. The number of benzene rings is 2. The molecule has 0 amide bonds. The summed E-state index contributed by atoms with van der Waals surface area (Å²) in [6.07, 6.45) is 13.2. The van der Waals surface area contributed by atoms with Gasteiger partial charge in [-0.25, -0.2) is 4.98 Å². The van der Waals surface area contributed by atoms with Crippen LogP contribution in [0.2, 0.25) is 0 Å². The molecular weight excluding hydrogens is 424 g/mol. The standard InChI is InChI=1S/C26H24N8/c1-32-10-6-17-4-5-18(12-23(17)32)21-13-20(14-22-25(21)28-8-7-27-22)31-24(19-15-30-34(3)16-19)26-29-9-11-33(26)2/h4-16,24,31H,1-3H3. The first kappa shape index (κ1) is 20.2. The number of aromatic nitrogens is 7. The Kier molecular flexibility index (Phi) is 4.65. The van der Waals surface area contributed by atoms with Crippen LogP contribution in [0.3, 0.4) is 0 Å². The molecule has 0 saturated carbocycles. The average Bonchev–Trinajstić information content (AvgIpc) is 3.57. The third-order valence-electron chi connectivity index (χ3n) is 6.26. The summed E-state index contributed by atoms with van der Waals surface area (Å²) in [5, 5.41) is 9.28. The fraction of sp³-hybridized carbons (Fsp3) is 0.154. The van der Waals surface area contributed by atoms with Crippen LogP contribution in [0, 0.1) is 0 Å². The van der Waals surface area contributed by atoms with E-state index in [0.717, 1.165) is 39.2 Å². The molecule has 4 aromatic heterocycles. The highest BCUT2D eigenvalue weighted by molar-refractivity contribution is 5.97. The van der Waals surface area contributed by atoms with Gasteiger partial charge in [0.2, 0.25) is 0 Å². The Morgan fingerprint density at radius 2 is 1.74 bits per heavy atom. The largest absolute Gasteiger partial charge is 0.371 e. The minimum absolute atomic E-state index is 0.175. The van der Waals surface area contributed by atoms with Gasteiger partial charge in [-0.3, -0.25) is 14.6 Å². The van der Waals surface area contributed by atoms with E-state index in [0.29, 0.717) is 0 Å². The van der Waals surface area contributed by atoms with E-state index in [1.807, 2.05) is 49.5 Å². The molecule has 0 fully saturated rings. The SMILES string of the molecule is Cn1cc(C(Nc2cc(-c3ccc4ccn(C)c4c3)c3nccnc3c2)c2nccn2C)cn1. The lowest BCUT2D eigenvalue weighted by molar-refractivity contribution is 0.743. The van der Waals surface area contributed by atoms with E-state index in [1.54, 1.807) is 17.1 Å². The molecule has 1 atom stereocenters. The van der Waals surface area contributed by atoms with Gasteiger partial charge in [0.05, 0.1) is 17.2 Å². The van der Waals surface area contributed by atoms with Crippen molar-refractivity contribution in [2.24, 2.45) is 21.1 Å². The number of nitrogens with one attached hydrogen (secondary N) is 1. The molecule has 2 aromatic carbocycles. The fourth-order valence-electron chi connectivity index (χ4n) is 4.52. The smallest absolute Gasteiger partial charge is 0.135 e. The van der Waals surface area contributed by atoms with Gasteiger partial charge >= 0.3 is 0 Å². The van der Waals surface area contributed by atoms with E-state index in [9.17, 15) is 0 Å². The number of hydrogen-bond donors (Lipinski definition) is 1. The van der Waals surface area contributed by atoms with E-state index in [-0.39, 0.29) is 6.04 Å². The molecule has 8 heteroatoms. The van der Waals surface area contributed by atoms with E-state index in [2.05, 4.69) is 73.5 Å². The molecule has 0 spiro atoms. The molecule has 0 aliphatic carbocycles. The van der Waals surface area contributed by atoms with E-state index >= 15 is 0 Å². The van der Waals surface area contributed by atoms with Crippen molar-refractivity contribution in [3.05, 3.63) is 91.2 Å². The van der Waals surface area contributed by atoms with Gasteiger partial charge in [0.25, 0.3) is 0 Å². The highest BCUT2D eigenvalue weighted by atomic mass is 15.2. The zero-order valence-electron chi connectivity index (χ0n) is 19.2. The minimum Gasteiger partial charge on any atom is -0.371 e. The first-order chi connectivity index (χ1) is 16.6. The molecule has 168 valence electrons. The molecule has 1 N–H and O–H groups in total. The molecular formula is C26H24N8. The Hall–Kier alpha value is -4.46. The number of fused-ring (bicyclic) bond motifs is 2. The fourth-order valence-corrected chi connectivity index (χ4v) is 4.52. The van der Waals surface area contributed by atoms with Crippen LogP contribution < -0.4 is 5.32 Å². The van der Waals surface area contributed by atoms with Crippen LogP contribution in [-0.4, -0.2) is 33.9 Å². The summed E-state index contributed by atoms with van der Waals surface area (Å²) in [6.45, 7) is 0. The predicted octanol–water partition coefficient (Wildman–Crippen LogP) is 4.46. The van der Waals surface area contributed by atoms with Crippen LogP contribution in [-0.2, 0) is 21.1 Å². The van der Waals surface area contributed by atoms with Crippen LogP contribution in [0.5, 0.6) is 0 Å². The lowest BCUT2D eigenvalue weighted by atomic mass is 10.0. The molecule has 0 bridgehead atoms. The Morgan fingerprint density at radius 3 is 2.53 bits per heavy atom. The summed E-state index contributed by atoms with van der Waals surface area (Å²) in [5.41, 5.74) is 6.97. The molecule has 4 heterocycles. The first-order valence-corrected chi connectivity index (χ1v) is 11.1. The molecule has 8 nitrogen and oxygen atoms in total. The van der Waals surface area contributed by atoms with Crippen molar-refractivity contribution in [3.8, 4) is 11.1 Å². The summed E-state index contributed by atoms with van der Waals surface area (Å²) in [5.74, 6) is 0.902. The summed E-state index contributed by atoms with van der Waals surface area (Å²) >= 11 is 0. The Bertz CT molecular complexity index is 1640. The van der Waals surface area contributed by atoms with Crippen molar-refractivity contribution in [1.29, 1.82) is 0 Å². The van der Waals surface area contributed by atoms with E-state index < -0.39 is 0 Å². The normalized spacial score (nSPS) is 12.4. The third kappa shape index (κ3) is 3.40. The number of hydrogen-bond acceptors (Lipinski definition) is 5. The van der Waals surface area contributed by atoms with Crippen LogP contribution in [0.4, 0.5) is 5.69 Å². The molecule has 0 radical (unpaired) electrons. The molecule has 0 aliphatic rings. The molecule has 0 aliphatic heterocycles. The maximum atomic E-state index is 4.67. The second-order valence-electron chi connectivity index (χ2n) is 8.57.